The van der Waals surface area contributed by atoms with Crippen molar-refractivity contribution in [3.05, 3.63) is 48.4 Å². The highest BCUT2D eigenvalue weighted by atomic mass is 16.1. The molecule has 0 radical (unpaired) electrons. The molecular weight excluding hydrogens is 216 g/mol. The zero-order valence-corrected chi connectivity index (χ0v) is 9.34. The Morgan fingerprint density at radius 3 is 2.71 bits per heavy atom. The molecule has 17 heavy (non-hydrogen) atoms. The van der Waals surface area contributed by atoms with E-state index in [9.17, 15) is 4.79 Å². The average molecular weight is 228 g/mol. The molecule has 0 saturated carbocycles. The topological polar surface area (TPSA) is 66.9 Å². The van der Waals surface area contributed by atoms with Gasteiger partial charge in [0.2, 0.25) is 0 Å². The molecule has 5 heteroatoms. The molecule has 0 unspecified atom stereocenters. The molecule has 0 aliphatic rings. The highest BCUT2D eigenvalue weighted by Gasteiger charge is 2.05. The summed E-state index contributed by atoms with van der Waals surface area (Å²) >= 11 is 0. The lowest BCUT2D eigenvalue weighted by atomic mass is 10.2. The minimum absolute atomic E-state index is 0.197. The standard InChI is InChI=1S/C12H12N4O/c1-13-11-5-4-10(8-15-11)16-12(17)9-3-2-6-14-7-9/h2-8H,1H3,(H,13,15)(H,16,17). The van der Waals surface area contributed by atoms with Crippen LogP contribution in [0.2, 0.25) is 0 Å². The number of hydrogen-bond donors (Lipinski definition) is 2. The van der Waals surface area contributed by atoms with Gasteiger partial charge in [0.05, 0.1) is 17.4 Å². The third-order valence-corrected chi connectivity index (χ3v) is 2.20. The third kappa shape index (κ3) is 2.78. The molecule has 2 rings (SSSR count). The van der Waals surface area contributed by atoms with Crippen molar-refractivity contribution in [3.63, 3.8) is 0 Å². The Morgan fingerprint density at radius 2 is 2.12 bits per heavy atom. The average Bonchev–Trinajstić information content (AvgIpc) is 2.40. The van der Waals surface area contributed by atoms with Gasteiger partial charge in [-0.3, -0.25) is 9.78 Å². The Kier molecular flexibility index (Phi) is 3.30. The normalized spacial score (nSPS) is 9.71. The van der Waals surface area contributed by atoms with Crippen LogP contribution in [-0.4, -0.2) is 22.9 Å². The van der Waals surface area contributed by atoms with Crippen LogP contribution in [0.15, 0.2) is 42.9 Å². The molecule has 2 aromatic heterocycles. The maximum absolute atomic E-state index is 11.8. The van der Waals surface area contributed by atoms with E-state index in [1.807, 2.05) is 0 Å². The zero-order chi connectivity index (χ0) is 12.1. The van der Waals surface area contributed by atoms with Crippen molar-refractivity contribution in [2.75, 3.05) is 17.7 Å². The summed E-state index contributed by atoms with van der Waals surface area (Å²) in [6, 6.07) is 7.00. The monoisotopic (exact) mass is 228 g/mol. The second-order valence-electron chi connectivity index (χ2n) is 3.38. The van der Waals surface area contributed by atoms with Crippen LogP contribution < -0.4 is 10.6 Å². The predicted molar refractivity (Wildman–Crippen MR) is 66.0 cm³/mol. The van der Waals surface area contributed by atoms with Crippen LogP contribution in [0.25, 0.3) is 0 Å². The van der Waals surface area contributed by atoms with Crippen LogP contribution in [-0.2, 0) is 0 Å². The number of amides is 1. The first-order valence-electron chi connectivity index (χ1n) is 5.15. The van der Waals surface area contributed by atoms with Crippen LogP contribution in [0.4, 0.5) is 11.5 Å². The van der Waals surface area contributed by atoms with Crippen molar-refractivity contribution in [1.29, 1.82) is 0 Å². The lowest BCUT2D eigenvalue weighted by Crippen LogP contribution is -2.12. The Labute approximate surface area is 98.9 Å². The van der Waals surface area contributed by atoms with E-state index in [2.05, 4.69) is 20.6 Å². The fraction of sp³-hybridized carbons (Fsp3) is 0.0833. The van der Waals surface area contributed by atoms with E-state index in [-0.39, 0.29) is 5.91 Å². The molecule has 2 aromatic rings. The first-order valence-corrected chi connectivity index (χ1v) is 5.15. The molecular formula is C12H12N4O. The van der Waals surface area contributed by atoms with Gasteiger partial charge >= 0.3 is 0 Å². The maximum atomic E-state index is 11.8. The van der Waals surface area contributed by atoms with Crippen molar-refractivity contribution in [2.45, 2.75) is 0 Å². The summed E-state index contributed by atoms with van der Waals surface area (Å²) in [4.78, 5) is 19.8. The summed E-state index contributed by atoms with van der Waals surface area (Å²) in [7, 11) is 1.79. The second-order valence-corrected chi connectivity index (χ2v) is 3.38. The van der Waals surface area contributed by atoms with Crippen molar-refractivity contribution in [2.24, 2.45) is 0 Å². The molecule has 1 amide bonds. The van der Waals surface area contributed by atoms with Gasteiger partial charge in [0.25, 0.3) is 5.91 Å². The molecule has 0 aliphatic carbocycles. The van der Waals surface area contributed by atoms with E-state index in [4.69, 9.17) is 0 Å². The highest BCUT2D eigenvalue weighted by molar-refractivity contribution is 6.03. The summed E-state index contributed by atoms with van der Waals surface area (Å²) < 4.78 is 0. The number of aromatic nitrogens is 2. The van der Waals surface area contributed by atoms with Gasteiger partial charge in [0.15, 0.2) is 0 Å². The zero-order valence-electron chi connectivity index (χ0n) is 9.34. The van der Waals surface area contributed by atoms with Gasteiger partial charge in [-0.15, -0.1) is 0 Å². The van der Waals surface area contributed by atoms with Gasteiger partial charge in [-0.2, -0.15) is 0 Å². The van der Waals surface area contributed by atoms with Crippen LogP contribution in [0.1, 0.15) is 10.4 Å². The number of carbonyl (C=O) groups is 1. The van der Waals surface area contributed by atoms with Gasteiger partial charge in [0, 0.05) is 19.4 Å². The van der Waals surface area contributed by atoms with Crippen LogP contribution in [0.5, 0.6) is 0 Å². The minimum Gasteiger partial charge on any atom is -0.373 e. The lowest BCUT2D eigenvalue weighted by Gasteiger charge is -2.05. The van der Waals surface area contributed by atoms with Gasteiger partial charge in [-0.25, -0.2) is 4.98 Å². The van der Waals surface area contributed by atoms with E-state index >= 15 is 0 Å². The van der Waals surface area contributed by atoms with Crippen LogP contribution >= 0.6 is 0 Å². The van der Waals surface area contributed by atoms with Crippen molar-refractivity contribution in [1.82, 2.24) is 9.97 Å². The van der Waals surface area contributed by atoms with E-state index in [1.165, 1.54) is 6.20 Å². The molecule has 0 fully saturated rings. The fourth-order valence-corrected chi connectivity index (χ4v) is 1.32. The molecule has 2 N–H and O–H groups in total. The second kappa shape index (κ2) is 5.07. The van der Waals surface area contributed by atoms with Crippen molar-refractivity contribution < 1.29 is 4.79 Å². The summed E-state index contributed by atoms with van der Waals surface area (Å²) in [6.45, 7) is 0. The molecule has 0 saturated heterocycles. The Balaban J connectivity index is 2.08. The summed E-state index contributed by atoms with van der Waals surface area (Å²) in [5.74, 6) is 0.557. The largest absolute Gasteiger partial charge is 0.373 e. The first kappa shape index (κ1) is 11.1. The summed E-state index contributed by atoms with van der Waals surface area (Å²) in [5, 5.41) is 5.65. The number of nitrogens with one attached hydrogen (secondary N) is 2. The van der Waals surface area contributed by atoms with E-state index in [1.54, 1.807) is 43.7 Å². The van der Waals surface area contributed by atoms with Gasteiger partial charge in [0.1, 0.15) is 5.82 Å². The molecule has 5 nitrogen and oxygen atoms in total. The molecule has 2 heterocycles. The Bertz CT molecular complexity index is 496. The van der Waals surface area contributed by atoms with Gasteiger partial charge in [-0.05, 0) is 24.3 Å². The molecule has 0 spiro atoms. The highest BCUT2D eigenvalue weighted by Crippen LogP contribution is 2.10. The quantitative estimate of drug-likeness (QED) is 0.840. The van der Waals surface area contributed by atoms with Crippen molar-refractivity contribution >= 4 is 17.4 Å². The fourth-order valence-electron chi connectivity index (χ4n) is 1.32. The number of nitrogens with zero attached hydrogens (tertiary/aromatic N) is 2. The predicted octanol–water partition coefficient (Wildman–Crippen LogP) is 1.77. The number of carbonyl (C=O) groups excluding carboxylic acids is 1. The van der Waals surface area contributed by atoms with Gasteiger partial charge in [-0.1, -0.05) is 0 Å². The molecule has 0 aliphatic heterocycles. The molecule has 86 valence electrons. The van der Waals surface area contributed by atoms with Crippen molar-refractivity contribution in [3.8, 4) is 0 Å². The van der Waals surface area contributed by atoms with Crippen LogP contribution in [0.3, 0.4) is 0 Å². The summed E-state index contributed by atoms with van der Waals surface area (Å²) in [6.07, 6.45) is 4.74. The van der Waals surface area contributed by atoms with E-state index in [0.29, 0.717) is 11.3 Å². The third-order valence-electron chi connectivity index (χ3n) is 2.20. The number of rotatable bonds is 3. The Morgan fingerprint density at radius 1 is 1.24 bits per heavy atom. The molecule has 0 bridgehead atoms. The first-order chi connectivity index (χ1) is 8.29. The maximum Gasteiger partial charge on any atom is 0.257 e. The Hall–Kier alpha value is -2.43. The minimum atomic E-state index is -0.197. The number of anilines is 2. The smallest absolute Gasteiger partial charge is 0.257 e. The summed E-state index contributed by atoms with van der Waals surface area (Å²) in [5.41, 5.74) is 1.17. The lowest BCUT2D eigenvalue weighted by molar-refractivity contribution is 0.102. The SMILES string of the molecule is CNc1ccc(NC(=O)c2cccnc2)cn1. The molecule has 0 atom stereocenters. The number of hydrogen-bond acceptors (Lipinski definition) is 4. The number of pyridine rings is 2. The van der Waals surface area contributed by atoms with E-state index in [0.717, 1.165) is 5.82 Å². The van der Waals surface area contributed by atoms with Gasteiger partial charge < -0.3 is 10.6 Å². The van der Waals surface area contributed by atoms with Crippen LogP contribution in [0, 0.1) is 0 Å². The molecule has 0 aromatic carbocycles. The van der Waals surface area contributed by atoms with E-state index < -0.39 is 0 Å².